The minimum Gasteiger partial charge on any atom is -0.337 e. The summed E-state index contributed by atoms with van der Waals surface area (Å²) < 4.78 is 1.06. The van der Waals surface area contributed by atoms with Crippen molar-refractivity contribution >= 4 is 45.0 Å². The molecule has 0 atom stereocenters. The lowest BCUT2D eigenvalue weighted by molar-refractivity contribution is -0.129. The Bertz CT molecular complexity index is 436. The van der Waals surface area contributed by atoms with Gasteiger partial charge in [0, 0.05) is 22.6 Å². The molecule has 0 bridgehead atoms. The van der Waals surface area contributed by atoms with Crippen LogP contribution in [0.4, 0.5) is 0 Å². The third-order valence-corrected chi connectivity index (χ3v) is 4.09. The highest BCUT2D eigenvalue weighted by Crippen LogP contribution is 2.31. The number of alkyl halides is 1. The van der Waals surface area contributed by atoms with Gasteiger partial charge < -0.3 is 4.90 Å². The van der Waals surface area contributed by atoms with Crippen molar-refractivity contribution in [3.63, 3.8) is 0 Å². The highest BCUT2D eigenvalue weighted by Gasteiger charge is 2.23. The van der Waals surface area contributed by atoms with Gasteiger partial charge in [-0.25, -0.2) is 0 Å². The molecule has 0 unspecified atom stereocenters. The van der Waals surface area contributed by atoms with Crippen molar-refractivity contribution in [2.75, 3.05) is 12.4 Å². The first-order chi connectivity index (χ1) is 7.63. The van der Waals surface area contributed by atoms with Crippen LogP contribution in [0.1, 0.15) is 11.1 Å². The molecular weight excluding hydrogens is 313 g/mol. The second-order valence-electron chi connectivity index (χ2n) is 3.69. The largest absolute Gasteiger partial charge is 0.337 e. The minimum absolute atomic E-state index is 0.0287. The van der Waals surface area contributed by atoms with Crippen LogP contribution in [-0.2, 0) is 17.8 Å². The summed E-state index contributed by atoms with van der Waals surface area (Å²) in [6.07, 6.45) is 0.819. The molecule has 0 saturated carbocycles. The number of carbonyl (C=O) groups excluding carboxylic acids is 1. The topological polar surface area (TPSA) is 20.3 Å². The van der Waals surface area contributed by atoms with Crippen LogP contribution in [0.5, 0.6) is 0 Å². The Morgan fingerprint density at radius 2 is 2.19 bits per heavy atom. The monoisotopic (exact) mass is 321 g/mol. The third-order valence-electron chi connectivity index (χ3n) is 2.76. The SMILES string of the molecule is O=C(CCl)N1CCc2c(Br)ccc(Cl)c2C1. The second-order valence-corrected chi connectivity index (χ2v) is 5.21. The Morgan fingerprint density at radius 1 is 1.44 bits per heavy atom. The number of benzene rings is 1. The Kier molecular flexibility index (Phi) is 3.77. The van der Waals surface area contributed by atoms with Crippen molar-refractivity contribution in [2.24, 2.45) is 0 Å². The molecule has 2 nitrogen and oxygen atoms in total. The van der Waals surface area contributed by atoms with Crippen LogP contribution in [0.2, 0.25) is 5.02 Å². The maximum Gasteiger partial charge on any atom is 0.237 e. The number of hydrogen-bond donors (Lipinski definition) is 0. The fourth-order valence-corrected chi connectivity index (χ4v) is 2.87. The summed E-state index contributed by atoms with van der Waals surface area (Å²) >= 11 is 15.2. The van der Waals surface area contributed by atoms with Gasteiger partial charge in [0.15, 0.2) is 0 Å². The van der Waals surface area contributed by atoms with Crippen LogP contribution >= 0.6 is 39.1 Å². The first kappa shape index (κ1) is 12.2. The van der Waals surface area contributed by atoms with Gasteiger partial charge in [0.2, 0.25) is 5.91 Å². The number of hydrogen-bond acceptors (Lipinski definition) is 1. The van der Waals surface area contributed by atoms with Gasteiger partial charge in [0.1, 0.15) is 5.88 Å². The molecule has 1 aliphatic rings. The van der Waals surface area contributed by atoms with E-state index in [-0.39, 0.29) is 11.8 Å². The van der Waals surface area contributed by atoms with E-state index in [0.717, 1.165) is 16.5 Å². The Balaban J connectivity index is 2.33. The molecule has 16 heavy (non-hydrogen) atoms. The van der Waals surface area contributed by atoms with Crippen LogP contribution in [0, 0.1) is 0 Å². The highest BCUT2D eigenvalue weighted by atomic mass is 79.9. The molecule has 0 aromatic heterocycles. The summed E-state index contributed by atoms with van der Waals surface area (Å²) in [5, 5.41) is 0.713. The zero-order valence-corrected chi connectivity index (χ0v) is 11.6. The number of nitrogens with zero attached hydrogens (tertiary/aromatic N) is 1. The van der Waals surface area contributed by atoms with Crippen molar-refractivity contribution in [1.82, 2.24) is 4.90 Å². The summed E-state index contributed by atoms with van der Waals surface area (Å²) in [7, 11) is 0. The minimum atomic E-state index is -0.0386. The van der Waals surface area contributed by atoms with E-state index < -0.39 is 0 Å². The van der Waals surface area contributed by atoms with E-state index in [9.17, 15) is 4.79 Å². The number of rotatable bonds is 1. The lowest BCUT2D eigenvalue weighted by atomic mass is 10.00. The third kappa shape index (κ3) is 2.22. The zero-order valence-electron chi connectivity index (χ0n) is 8.47. The maximum atomic E-state index is 11.5. The summed E-state index contributed by atoms with van der Waals surface area (Å²) in [6, 6.07) is 3.79. The zero-order chi connectivity index (χ0) is 11.7. The maximum absolute atomic E-state index is 11.5. The van der Waals surface area contributed by atoms with E-state index in [1.165, 1.54) is 5.56 Å². The van der Waals surface area contributed by atoms with E-state index >= 15 is 0 Å². The van der Waals surface area contributed by atoms with Gasteiger partial charge in [-0.2, -0.15) is 0 Å². The smallest absolute Gasteiger partial charge is 0.237 e. The molecule has 1 amide bonds. The van der Waals surface area contributed by atoms with E-state index in [1.807, 2.05) is 12.1 Å². The molecule has 0 radical (unpaired) electrons. The predicted octanol–water partition coefficient (Wildman–Crippen LogP) is 3.23. The van der Waals surface area contributed by atoms with Gasteiger partial charge in [-0.15, -0.1) is 11.6 Å². The van der Waals surface area contributed by atoms with Crippen LogP contribution < -0.4 is 0 Å². The molecule has 0 N–H and O–H groups in total. The fraction of sp³-hybridized carbons (Fsp3) is 0.364. The summed E-state index contributed by atoms with van der Waals surface area (Å²) in [5.41, 5.74) is 2.23. The summed E-state index contributed by atoms with van der Waals surface area (Å²) in [5.74, 6) is -0.00983. The Morgan fingerprint density at radius 3 is 2.88 bits per heavy atom. The first-order valence-electron chi connectivity index (χ1n) is 4.93. The highest BCUT2D eigenvalue weighted by molar-refractivity contribution is 9.10. The average molecular weight is 323 g/mol. The van der Waals surface area contributed by atoms with E-state index in [4.69, 9.17) is 23.2 Å². The molecule has 0 aliphatic carbocycles. The van der Waals surface area contributed by atoms with E-state index in [0.29, 0.717) is 18.1 Å². The van der Waals surface area contributed by atoms with E-state index in [1.54, 1.807) is 4.90 Å². The number of fused-ring (bicyclic) bond motifs is 1. The summed E-state index contributed by atoms with van der Waals surface area (Å²) in [4.78, 5) is 13.3. The van der Waals surface area contributed by atoms with E-state index in [2.05, 4.69) is 15.9 Å². The molecule has 1 aromatic rings. The molecule has 1 aliphatic heterocycles. The standard InChI is InChI=1S/C11H10BrCl2NO/c12-9-1-2-10(14)8-6-15(11(16)5-13)4-3-7(8)9/h1-2H,3-6H2. The van der Waals surface area contributed by atoms with Gasteiger partial charge >= 0.3 is 0 Å². The van der Waals surface area contributed by atoms with Crippen LogP contribution in [0.15, 0.2) is 16.6 Å². The first-order valence-corrected chi connectivity index (χ1v) is 6.63. The number of carbonyl (C=O) groups is 1. The van der Waals surface area contributed by atoms with Gasteiger partial charge in [0.25, 0.3) is 0 Å². The number of halogens is 3. The molecule has 0 fully saturated rings. The van der Waals surface area contributed by atoms with Crippen molar-refractivity contribution in [3.8, 4) is 0 Å². The molecule has 0 saturated heterocycles. The van der Waals surface area contributed by atoms with Crippen LogP contribution in [0.3, 0.4) is 0 Å². The van der Waals surface area contributed by atoms with Crippen molar-refractivity contribution in [1.29, 1.82) is 0 Å². The molecule has 5 heteroatoms. The van der Waals surface area contributed by atoms with Crippen molar-refractivity contribution in [2.45, 2.75) is 13.0 Å². The molecule has 86 valence electrons. The normalized spacial score (nSPS) is 14.8. The molecule has 1 heterocycles. The average Bonchev–Trinajstić information content (AvgIpc) is 2.32. The molecule has 0 spiro atoms. The Labute approximate surface area is 113 Å². The van der Waals surface area contributed by atoms with Gasteiger partial charge in [-0.1, -0.05) is 27.5 Å². The molecule has 1 aromatic carbocycles. The van der Waals surface area contributed by atoms with Crippen LogP contribution in [-0.4, -0.2) is 23.2 Å². The lowest BCUT2D eigenvalue weighted by Crippen LogP contribution is -2.37. The molecular formula is C11H10BrCl2NO. The lowest BCUT2D eigenvalue weighted by Gasteiger charge is -2.29. The van der Waals surface area contributed by atoms with Gasteiger partial charge in [0.05, 0.1) is 0 Å². The van der Waals surface area contributed by atoms with Crippen LogP contribution in [0.25, 0.3) is 0 Å². The number of amides is 1. The van der Waals surface area contributed by atoms with Gasteiger partial charge in [-0.05, 0) is 29.7 Å². The fourth-order valence-electron chi connectivity index (χ4n) is 1.89. The molecule has 2 rings (SSSR count). The van der Waals surface area contributed by atoms with Crippen molar-refractivity contribution in [3.05, 3.63) is 32.8 Å². The Hall–Kier alpha value is -0.250. The van der Waals surface area contributed by atoms with Crippen molar-refractivity contribution < 1.29 is 4.79 Å². The van der Waals surface area contributed by atoms with Gasteiger partial charge in [-0.3, -0.25) is 4.79 Å². The second kappa shape index (κ2) is 4.94. The quantitative estimate of drug-likeness (QED) is 0.727. The summed E-state index contributed by atoms with van der Waals surface area (Å²) in [6.45, 7) is 1.26. The predicted molar refractivity (Wildman–Crippen MR) is 69.0 cm³/mol.